The standard InChI is InChI=1S/C19H17N/c1-13-6-2-5-9-17(13)19-12-16-10-14-7-3-4-8-15(14)11-18(16)20-19/h2-11,19-20H,12H2,1H3. The molecule has 1 N–H and O–H groups in total. The van der Waals surface area contributed by atoms with Crippen LogP contribution in [0, 0.1) is 6.92 Å². The molecule has 1 atom stereocenters. The molecule has 1 heteroatoms. The summed E-state index contributed by atoms with van der Waals surface area (Å²) in [4.78, 5) is 0. The Labute approximate surface area is 119 Å². The molecule has 4 rings (SSSR count). The largest absolute Gasteiger partial charge is 0.378 e. The van der Waals surface area contributed by atoms with E-state index < -0.39 is 0 Å². The van der Waals surface area contributed by atoms with Gasteiger partial charge in [0, 0.05) is 5.69 Å². The van der Waals surface area contributed by atoms with Crippen molar-refractivity contribution in [1.82, 2.24) is 0 Å². The van der Waals surface area contributed by atoms with E-state index in [1.807, 2.05) is 0 Å². The zero-order chi connectivity index (χ0) is 13.5. The number of hydrogen-bond acceptors (Lipinski definition) is 1. The molecule has 0 amide bonds. The Morgan fingerprint density at radius 3 is 2.40 bits per heavy atom. The molecule has 0 spiro atoms. The minimum atomic E-state index is 0.406. The van der Waals surface area contributed by atoms with Crippen molar-refractivity contribution in [3.05, 3.63) is 77.4 Å². The highest BCUT2D eigenvalue weighted by Crippen LogP contribution is 2.37. The SMILES string of the molecule is Cc1ccccc1C1Cc2cc3ccccc3cc2N1. The summed E-state index contributed by atoms with van der Waals surface area (Å²) in [6, 6.07) is 22.3. The van der Waals surface area contributed by atoms with Gasteiger partial charge in [-0.25, -0.2) is 0 Å². The summed E-state index contributed by atoms with van der Waals surface area (Å²) in [6.07, 6.45) is 1.07. The summed E-state index contributed by atoms with van der Waals surface area (Å²) in [5.41, 5.74) is 5.49. The molecule has 3 aromatic carbocycles. The summed E-state index contributed by atoms with van der Waals surface area (Å²) in [5, 5.41) is 6.33. The first-order chi connectivity index (χ1) is 9.81. The number of fused-ring (bicyclic) bond motifs is 2. The van der Waals surface area contributed by atoms with Gasteiger partial charge < -0.3 is 5.32 Å². The first-order valence-electron chi connectivity index (χ1n) is 7.15. The van der Waals surface area contributed by atoms with E-state index in [9.17, 15) is 0 Å². The van der Waals surface area contributed by atoms with Gasteiger partial charge in [0.15, 0.2) is 0 Å². The van der Waals surface area contributed by atoms with Gasteiger partial charge in [-0.3, -0.25) is 0 Å². The van der Waals surface area contributed by atoms with Crippen LogP contribution < -0.4 is 5.32 Å². The van der Waals surface area contributed by atoms with E-state index in [2.05, 4.69) is 72.9 Å². The van der Waals surface area contributed by atoms with Crippen molar-refractivity contribution < 1.29 is 0 Å². The third-order valence-electron chi connectivity index (χ3n) is 4.29. The van der Waals surface area contributed by atoms with Gasteiger partial charge in [0.05, 0.1) is 6.04 Å². The smallest absolute Gasteiger partial charge is 0.0557 e. The summed E-state index contributed by atoms with van der Waals surface area (Å²) < 4.78 is 0. The third-order valence-corrected chi connectivity index (χ3v) is 4.29. The molecule has 0 bridgehead atoms. The van der Waals surface area contributed by atoms with Crippen LogP contribution in [0.15, 0.2) is 60.7 Å². The van der Waals surface area contributed by atoms with E-state index in [1.54, 1.807) is 0 Å². The van der Waals surface area contributed by atoms with E-state index in [0.29, 0.717) is 6.04 Å². The molecule has 1 aliphatic heterocycles. The van der Waals surface area contributed by atoms with Gasteiger partial charge in [-0.05, 0) is 52.9 Å². The van der Waals surface area contributed by atoms with E-state index in [4.69, 9.17) is 0 Å². The average Bonchev–Trinajstić information content (AvgIpc) is 2.87. The van der Waals surface area contributed by atoms with Crippen LogP contribution >= 0.6 is 0 Å². The molecule has 20 heavy (non-hydrogen) atoms. The second-order valence-electron chi connectivity index (χ2n) is 5.61. The lowest BCUT2D eigenvalue weighted by Crippen LogP contribution is -2.07. The highest BCUT2D eigenvalue weighted by Gasteiger charge is 2.23. The Morgan fingerprint density at radius 1 is 0.900 bits per heavy atom. The van der Waals surface area contributed by atoms with Crippen molar-refractivity contribution in [3.63, 3.8) is 0 Å². The Balaban J connectivity index is 1.77. The van der Waals surface area contributed by atoms with Gasteiger partial charge in [0.2, 0.25) is 0 Å². The number of aryl methyl sites for hydroxylation is 1. The van der Waals surface area contributed by atoms with Crippen molar-refractivity contribution in [2.24, 2.45) is 0 Å². The molecule has 1 heterocycles. The van der Waals surface area contributed by atoms with Crippen molar-refractivity contribution in [1.29, 1.82) is 0 Å². The molecule has 0 aromatic heterocycles. The molecule has 1 unspecified atom stereocenters. The summed E-state index contributed by atoms with van der Waals surface area (Å²) in [6.45, 7) is 2.19. The van der Waals surface area contributed by atoms with Gasteiger partial charge >= 0.3 is 0 Å². The van der Waals surface area contributed by atoms with Crippen molar-refractivity contribution in [2.45, 2.75) is 19.4 Å². The molecule has 1 nitrogen and oxygen atoms in total. The Morgan fingerprint density at radius 2 is 1.60 bits per heavy atom. The lowest BCUT2D eigenvalue weighted by molar-refractivity contribution is 0.816. The number of anilines is 1. The summed E-state index contributed by atoms with van der Waals surface area (Å²) >= 11 is 0. The number of benzene rings is 3. The zero-order valence-corrected chi connectivity index (χ0v) is 11.6. The minimum Gasteiger partial charge on any atom is -0.378 e. The summed E-state index contributed by atoms with van der Waals surface area (Å²) in [7, 11) is 0. The highest BCUT2D eigenvalue weighted by atomic mass is 14.9. The molecule has 0 radical (unpaired) electrons. The third kappa shape index (κ3) is 1.78. The monoisotopic (exact) mass is 259 g/mol. The minimum absolute atomic E-state index is 0.406. The molecule has 0 saturated heterocycles. The zero-order valence-electron chi connectivity index (χ0n) is 11.6. The van der Waals surface area contributed by atoms with Crippen LogP contribution in [-0.2, 0) is 6.42 Å². The highest BCUT2D eigenvalue weighted by molar-refractivity contribution is 5.88. The van der Waals surface area contributed by atoms with Gasteiger partial charge in [-0.2, -0.15) is 0 Å². The fourth-order valence-electron chi connectivity index (χ4n) is 3.21. The molecular weight excluding hydrogens is 242 g/mol. The van der Waals surface area contributed by atoms with Gasteiger partial charge in [-0.1, -0.05) is 48.5 Å². The normalized spacial score (nSPS) is 16.9. The second kappa shape index (κ2) is 4.38. The maximum absolute atomic E-state index is 3.68. The van der Waals surface area contributed by atoms with E-state index in [0.717, 1.165) is 6.42 Å². The van der Waals surface area contributed by atoms with Crippen LogP contribution in [0.3, 0.4) is 0 Å². The fraction of sp³-hybridized carbons (Fsp3) is 0.158. The van der Waals surface area contributed by atoms with Crippen molar-refractivity contribution in [2.75, 3.05) is 5.32 Å². The van der Waals surface area contributed by atoms with E-state index in [1.165, 1.54) is 33.2 Å². The predicted octanol–water partition coefficient (Wildman–Crippen LogP) is 4.86. The molecule has 1 aliphatic rings. The van der Waals surface area contributed by atoms with Crippen LogP contribution in [-0.4, -0.2) is 0 Å². The van der Waals surface area contributed by atoms with Crippen molar-refractivity contribution in [3.8, 4) is 0 Å². The van der Waals surface area contributed by atoms with Crippen LogP contribution in [0.5, 0.6) is 0 Å². The molecule has 3 aromatic rings. The first kappa shape index (κ1) is 11.5. The van der Waals surface area contributed by atoms with E-state index in [-0.39, 0.29) is 0 Å². The van der Waals surface area contributed by atoms with Gasteiger partial charge in [0.25, 0.3) is 0 Å². The lowest BCUT2D eigenvalue weighted by atomic mass is 9.98. The fourth-order valence-corrected chi connectivity index (χ4v) is 3.21. The van der Waals surface area contributed by atoms with Gasteiger partial charge in [-0.15, -0.1) is 0 Å². The topological polar surface area (TPSA) is 12.0 Å². The quantitative estimate of drug-likeness (QED) is 0.658. The molecule has 98 valence electrons. The first-order valence-corrected chi connectivity index (χ1v) is 7.15. The van der Waals surface area contributed by atoms with Crippen molar-refractivity contribution >= 4 is 16.5 Å². The average molecular weight is 259 g/mol. The second-order valence-corrected chi connectivity index (χ2v) is 5.61. The summed E-state index contributed by atoms with van der Waals surface area (Å²) in [5.74, 6) is 0. The van der Waals surface area contributed by atoms with E-state index >= 15 is 0 Å². The lowest BCUT2D eigenvalue weighted by Gasteiger charge is -2.14. The van der Waals surface area contributed by atoms with Crippen LogP contribution in [0.4, 0.5) is 5.69 Å². The number of nitrogens with one attached hydrogen (secondary N) is 1. The molecular formula is C19H17N. The molecule has 0 fully saturated rings. The Hall–Kier alpha value is -2.28. The number of hydrogen-bond donors (Lipinski definition) is 1. The Bertz CT molecular complexity index is 744. The predicted molar refractivity (Wildman–Crippen MR) is 85.2 cm³/mol. The molecule has 0 saturated carbocycles. The van der Waals surface area contributed by atoms with Crippen LogP contribution in [0.2, 0.25) is 0 Å². The maximum Gasteiger partial charge on any atom is 0.0557 e. The van der Waals surface area contributed by atoms with Crippen LogP contribution in [0.25, 0.3) is 10.8 Å². The number of rotatable bonds is 1. The molecule has 0 aliphatic carbocycles. The maximum atomic E-state index is 3.68. The van der Waals surface area contributed by atoms with Crippen LogP contribution in [0.1, 0.15) is 22.7 Å². The van der Waals surface area contributed by atoms with Gasteiger partial charge in [0.1, 0.15) is 0 Å². The Kier molecular flexibility index (Phi) is 2.53.